The number of carboxylic acids is 1. The van der Waals surface area contributed by atoms with E-state index in [1.807, 2.05) is 0 Å². The molecule has 0 fully saturated rings. The molecule has 1 aromatic carbocycles. The Kier molecular flexibility index (Phi) is 4.62. The van der Waals surface area contributed by atoms with Crippen LogP contribution in [-0.2, 0) is 0 Å². The summed E-state index contributed by atoms with van der Waals surface area (Å²) in [5.41, 5.74) is 1.37. The molecule has 0 bridgehead atoms. The average Bonchev–Trinajstić information content (AvgIpc) is 2.67. The van der Waals surface area contributed by atoms with Crippen LogP contribution in [0, 0.1) is 11.3 Å². The van der Waals surface area contributed by atoms with E-state index in [0.717, 1.165) is 0 Å². The summed E-state index contributed by atoms with van der Waals surface area (Å²) in [5, 5.41) is 18.2. The zero-order chi connectivity index (χ0) is 17.6. The second-order valence-electron chi connectivity index (χ2n) is 5.04. The van der Waals surface area contributed by atoms with Crippen molar-refractivity contribution >= 4 is 5.97 Å². The van der Waals surface area contributed by atoms with Crippen LogP contribution in [0.5, 0.6) is 5.75 Å². The van der Waals surface area contributed by atoms with E-state index >= 15 is 0 Å². The van der Waals surface area contributed by atoms with Gasteiger partial charge < -0.3 is 9.84 Å². The number of hydrogen-bond donors (Lipinski definition) is 1. The molecule has 2 aromatic heterocycles. The van der Waals surface area contributed by atoms with Crippen LogP contribution in [0.25, 0.3) is 11.4 Å². The molecule has 0 aliphatic heterocycles. The molecule has 0 spiro atoms. The molecule has 0 amide bonds. The highest BCUT2D eigenvalue weighted by molar-refractivity contribution is 5.86. The number of hydrogen-bond acceptors (Lipinski definition) is 6. The van der Waals surface area contributed by atoms with Gasteiger partial charge in [0.25, 0.3) is 0 Å². The van der Waals surface area contributed by atoms with Crippen molar-refractivity contribution < 1.29 is 14.6 Å². The van der Waals surface area contributed by atoms with Gasteiger partial charge in [-0.2, -0.15) is 5.26 Å². The van der Waals surface area contributed by atoms with Gasteiger partial charge in [0.1, 0.15) is 11.8 Å². The van der Waals surface area contributed by atoms with Crippen molar-refractivity contribution in [3.8, 4) is 23.2 Å². The Balaban J connectivity index is 1.84. The highest BCUT2D eigenvalue weighted by Crippen LogP contribution is 2.25. The third-order valence-corrected chi connectivity index (χ3v) is 3.37. The fourth-order valence-corrected chi connectivity index (χ4v) is 2.14. The summed E-state index contributed by atoms with van der Waals surface area (Å²) in [6.07, 6.45) is 4.91. The van der Waals surface area contributed by atoms with Crippen LogP contribution >= 0.6 is 0 Å². The third kappa shape index (κ3) is 3.76. The summed E-state index contributed by atoms with van der Waals surface area (Å²) in [7, 11) is 0. The molecule has 2 heterocycles. The van der Waals surface area contributed by atoms with Gasteiger partial charge in [0.15, 0.2) is 5.82 Å². The first kappa shape index (κ1) is 16.1. The minimum absolute atomic E-state index is 0.0124. The third-order valence-electron chi connectivity index (χ3n) is 3.37. The number of carboxylic acid groups (broad SMARTS) is 1. The van der Waals surface area contributed by atoms with Crippen molar-refractivity contribution in [2.24, 2.45) is 0 Å². The van der Waals surface area contributed by atoms with Crippen molar-refractivity contribution in [3.63, 3.8) is 0 Å². The predicted molar refractivity (Wildman–Crippen MR) is 87.6 cm³/mol. The number of benzene rings is 1. The van der Waals surface area contributed by atoms with E-state index in [0.29, 0.717) is 22.7 Å². The van der Waals surface area contributed by atoms with Crippen LogP contribution in [-0.4, -0.2) is 26.0 Å². The van der Waals surface area contributed by atoms with Crippen LogP contribution < -0.4 is 4.74 Å². The van der Waals surface area contributed by atoms with Crippen molar-refractivity contribution in [1.82, 2.24) is 15.0 Å². The summed E-state index contributed by atoms with van der Waals surface area (Å²) in [5.74, 6) is -0.238. The van der Waals surface area contributed by atoms with Gasteiger partial charge in [-0.15, -0.1) is 0 Å². The van der Waals surface area contributed by atoms with Crippen LogP contribution in [0.3, 0.4) is 0 Å². The number of pyridine rings is 1. The first-order chi connectivity index (χ1) is 12.2. The van der Waals surface area contributed by atoms with E-state index in [1.54, 1.807) is 48.8 Å². The molecule has 1 atom stereocenters. The zero-order valence-corrected chi connectivity index (χ0v) is 12.9. The Labute approximate surface area is 143 Å². The molecule has 1 N–H and O–H groups in total. The van der Waals surface area contributed by atoms with Crippen molar-refractivity contribution in [3.05, 3.63) is 72.3 Å². The quantitative estimate of drug-likeness (QED) is 0.765. The Morgan fingerprint density at radius 1 is 1.16 bits per heavy atom. The van der Waals surface area contributed by atoms with Crippen LogP contribution in [0.4, 0.5) is 0 Å². The molecule has 0 radical (unpaired) electrons. The van der Waals surface area contributed by atoms with Crippen LogP contribution in [0.15, 0.2) is 61.2 Å². The zero-order valence-electron chi connectivity index (χ0n) is 12.9. The highest BCUT2D eigenvalue weighted by Gasteiger charge is 2.13. The van der Waals surface area contributed by atoms with Gasteiger partial charge in [0.2, 0.25) is 6.10 Å². The number of aromatic nitrogens is 3. The van der Waals surface area contributed by atoms with Gasteiger partial charge in [-0.1, -0.05) is 12.1 Å². The Hall–Kier alpha value is -3.79. The van der Waals surface area contributed by atoms with Gasteiger partial charge in [-0.3, -0.25) is 4.98 Å². The lowest BCUT2D eigenvalue weighted by Gasteiger charge is -2.13. The van der Waals surface area contributed by atoms with Crippen LogP contribution in [0.2, 0.25) is 0 Å². The molecule has 0 saturated carbocycles. The van der Waals surface area contributed by atoms with Gasteiger partial charge in [-0.25, -0.2) is 14.8 Å². The number of nitriles is 1. The fraction of sp³-hybridized carbons (Fsp3) is 0.0556. The molecular formula is C18H12N4O3. The van der Waals surface area contributed by atoms with Gasteiger partial charge in [0.05, 0.1) is 5.56 Å². The molecule has 122 valence electrons. The summed E-state index contributed by atoms with van der Waals surface area (Å²) < 4.78 is 5.74. The largest absolute Gasteiger partial charge is 0.478 e. The lowest BCUT2D eigenvalue weighted by molar-refractivity contribution is 0.0696. The second kappa shape index (κ2) is 7.19. The van der Waals surface area contributed by atoms with Gasteiger partial charge in [-0.05, 0) is 24.3 Å². The van der Waals surface area contributed by atoms with E-state index in [1.165, 1.54) is 12.4 Å². The first-order valence-electron chi connectivity index (χ1n) is 7.29. The van der Waals surface area contributed by atoms with E-state index in [4.69, 9.17) is 9.84 Å². The van der Waals surface area contributed by atoms with Crippen molar-refractivity contribution in [2.75, 3.05) is 0 Å². The Morgan fingerprint density at radius 2 is 1.88 bits per heavy atom. The number of nitrogens with zero attached hydrogens (tertiary/aromatic N) is 4. The molecule has 7 heteroatoms. The topological polar surface area (TPSA) is 109 Å². The molecule has 1 unspecified atom stereocenters. The van der Waals surface area contributed by atoms with E-state index in [-0.39, 0.29) is 5.56 Å². The number of aromatic carboxylic acids is 1. The highest BCUT2D eigenvalue weighted by atomic mass is 16.5. The van der Waals surface area contributed by atoms with Gasteiger partial charge >= 0.3 is 5.97 Å². The van der Waals surface area contributed by atoms with E-state index < -0.39 is 12.1 Å². The minimum Gasteiger partial charge on any atom is -0.478 e. The lowest BCUT2D eigenvalue weighted by Crippen LogP contribution is -2.05. The normalized spacial score (nSPS) is 11.3. The minimum atomic E-state index is -1.09. The maximum absolute atomic E-state index is 10.9. The predicted octanol–water partition coefficient (Wildman–Crippen LogP) is 2.88. The number of carbonyl (C=O) groups is 1. The smallest absolute Gasteiger partial charge is 0.338 e. The van der Waals surface area contributed by atoms with Crippen LogP contribution in [0.1, 0.15) is 22.0 Å². The lowest BCUT2D eigenvalue weighted by atomic mass is 10.1. The summed E-state index contributed by atoms with van der Waals surface area (Å²) in [6.45, 7) is 0. The molecule has 0 aliphatic rings. The second-order valence-corrected chi connectivity index (χ2v) is 5.04. The molecule has 25 heavy (non-hydrogen) atoms. The Bertz CT molecular complexity index is 921. The maximum Gasteiger partial charge on any atom is 0.338 e. The number of ether oxygens (including phenoxy) is 1. The van der Waals surface area contributed by atoms with E-state index in [2.05, 4.69) is 21.0 Å². The molecule has 0 aliphatic carbocycles. The summed E-state index contributed by atoms with van der Waals surface area (Å²) >= 11 is 0. The fourth-order valence-electron chi connectivity index (χ4n) is 2.14. The monoisotopic (exact) mass is 332 g/mol. The molecule has 3 rings (SSSR count). The SMILES string of the molecule is N#CC(Oc1cccc(-c2ncc(C(=O)O)cn2)c1)c1ccncc1. The molecular weight excluding hydrogens is 320 g/mol. The van der Waals surface area contributed by atoms with E-state index in [9.17, 15) is 10.1 Å². The Morgan fingerprint density at radius 3 is 2.52 bits per heavy atom. The molecule has 7 nitrogen and oxygen atoms in total. The summed E-state index contributed by atoms with van der Waals surface area (Å²) in [6, 6.07) is 12.5. The van der Waals surface area contributed by atoms with Crippen molar-refractivity contribution in [1.29, 1.82) is 5.26 Å². The average molecular weight is 332 g/mol. The number of rotatable bonds is 5. The standard InChI is InChI=1S/C18H12N4O3/c19-9-16(12-4-6-20-7-5-12)25-15-3-1-2-13(8-15)17-21-10-14(11-22-17)18(23)24/h1-8,10-11,16H,(H,23,24). The summed E-state index contributed by atoms with van der Waals surface area (Å²) in [4.78, 5) is 22.9. The first-order valence-corrected chi connectivity index (χ1v) is 7.29. The molecule has 3 aromatic rings. The maximum atomic E-state index is 10.9. The molecule has 0 saturated heterocycles. The van der Waals surface area contributed by atoms with Crippen molar-refractivity contribution in [2.45, 2.75) is 6.10 Å². The van der Waals surface area contributed by atoms with Gasteiger partial charge in [0, 0.05) is 35.9 Å².